The molecule has 2 rings (SSSR count). The molecule has 0 saturated carbocycles. The van der Waals surface area contributed by atoms with Gasteiger partial charge < -0.3 is 14.8 Å². The first kappa shape index (κ1) is 17.1. The van der Waals surface area contributed by atoms with Crippen molar-refractivity contribution in [1.29, 1.82) is 0 Å². The van der Waals surface area contributed by atoms with Crippen molar-refractivity contribution in [3.05, 3.63) is 23.8 Å². The Bertz CT molecular complexity index is 640. The summed E-state index contributed by atoms with van der Waals surface area (Å²) in [4.78, 5) is 10.9. The van der Waals surface area contributed by atoms with Crippen molar-refractivity contribution < 1.29 is 31.8 Å². The van der Waals surface area contributed by atoms with E-state index in [2.05, 4.69) is 25.0 Å². The highest BCUT2D eigenvalue weighted by molar-refractivity contribution is 8.15. The van der Waals surface area contributed by atoms with Crippen molar-refractivity contribution in [2.75, 3.05) is 5.75 Å². The van der Waals surface area contributed by atoms with E-state index in [-0.39, 0.29) is 17.2 Å². The van der Waals surface area contributed by atoms with E-state index >= 15 is 0 Å². The number of amides is 1. The van der Waals surface area contributed by atoms with Gasteiger partial charge in [0.1, 0.15) is 0 Å². The SMILES string of the molecule is O=C1CSC(=NN=Cc2ccc(OC(F)F)c(OC(F)F)c2)N1. The molecule has 0 aromatic heterocycles. The molecule has 1 fully saturated rings. The van der Waals surface area contributed by atoms with Crippen LogP contribution in [0.3, 0.4) is 0 Å². The van der Waals surface area contributed by atoms with Crippen molar-refractivity contribution in [1.82, 2.24) is 5.32 Å². The van der Waals surface area contributed by atoms with E-state index < -0.39 is 24.7 Å². The van der Waals surface area contributed by atoms with Crippen LogP contribution in [0.4, 0.5) is 17.6 Å². The van der Waals surface area contributed by atoms with E-state index in [0.717, 1.165) is 23.9 Å². The highest BCUT2D eigenvalue weighted by atomic mass is 32.2. The van der Waals surface area contributed by atoms with Crippen molar-refractivity contribution in [3.8, 4) is 11.5 Å². The van der Waals surface area contributed by atoms with Gasteiger partial charge in [-0.1, -0.05) is 11.8 Å². The van der Waals surface area contributed by atoms with Gasteiger partial charge >= 0.3 is 13.2 Å². The van der Waals surface area contributed by atoms with Crippen LogP contribution in [0, 0.1) is 0 Å². The maximum absolute atomic E-state index is 12.3. The molecule has 1 aliphatic heterocycles. The van der Waals surface area contributed by atoms with Crippen LogP contribution in [-0.2, 0) is 4.79 Å². The molecule has 6 nitrogen and oxygen atoms in total. The van der Waals surface area contributed by atoms with Crippen LogP contribution in [-0.4, -0.2) is 36.3 Å². The highest BCUT2D eigenvalue weighted by Crippen LogP contribution is 2.30. The van der Waals surface area contributed by atoms with E-state index in [1.54, 1.807) is 0 Å². The van der Waals surface area contributed by atoms with Gasteiger partial charge in [0, 0.05) is 0 Å². The van der Waals surface area contributed by atoms with Gasteiger partial charge in [-0.3, -0.25) is 4.79 Å². The summed E-state index contributed by atoms with van der Waals surface area (Å²) in [7, 11) is 0. The second kappa shape index (κ2) is 7.81. The predicted octanol–water partition coefficient (Wildman–Crippen LogP) is 2.44. The maximum atomic E-state index is 12.3. The molecular weight excluding hydrogens is 342 g/mol. The first-order valence-electron chi connectivity index (χ1n) is 6.01. The zero-order valence-corrected chi connectivity index (χ0v) is 12.0. The highest BCUT2D eigenvalue weighted by Gasteiger charge is 2.16. The Morgan fingerprint density at radius 2 is 1.87 bits per heavy atom. The maximum Gasteiger partial charge on any atom is 0.387 e. The van der Waals surface area contributed by atoms with Crippen LogP contribution in [0.2, 0.25) is 0 Å². The second-order valence-corrected chi connectivity index (χ2v) is 4.91. The summed E-state index contributed by atoms with van der Waals surface area (Å²) in [6.45, 7) is -6.38. The monoisotopic (exact) mass is 351 g/mol. The third-order valence-corrected chi connectivity index (χ3v) is 3.21. The van der Waals surface area contributed by atoms with Crippen molar-refractivity contribution in [2.45, 2.75) is 13.2 Å². The third kappa shape index (κ3) is 5.43. The van der Waals surface area contributed by atoms with Gasteiger partial charge in [-0.2, -0.15) is 22.7 Å². The number of nitrogens with one attached hydrogen (secondary N) is 1. The Morgan fingerprint density at radius 3 is 2.48 bits per heavy atom. The van der Waals surface area contributed by atoms with Crippen LogP contribution in [0.15, 0.2) is 28.4 Å². The summed E-state index contributed by atoms with van der Waals surface area (Å²) >= 11 is 1.15. The zero-order valence-electron chi connectivity index (χ0n) is 11.2. The van der Waals surface area contributed by atoms with E-state index in [1.807, 2.05) is 0 Å². The average molecular weight is 351 g/mol. The van der Waals surface area contributed by atoms with E-state index in [4.69, 9.17) is 0 Å². The Labute approximate surface area is 131 Å². The smallest absolute Gasteiger partial charge is 0.387 e. The molecule has 124 valence electrons. The molecule has 0 aliphatic carbocycles. The first-order chi connectivity index (χ1) is 10.9. The van der Waals surface area contributed by atoms with Crippen molar-refractivity contribution >= 4 is 29.1 Å². The minimum atomic E-state index is -3.20. The van der Waals surface area contributed by atoms with Gasteiger partial charge in [-0.05, 0) is 23.8 Å². The number of carbonyl (C=O) groups excluding carboxylic acids is 1. The van der Waals surface area contributed by atoms with Crippen LogP contribution in [0.25, 0.3) is 0 Å². The van der Waals surface area contributed by atoms with E-state index in [1.165, 1.54) is 12.3 Å². The number of carbonyl (C=O) groups is 1. The molecule has 1 aromatic rings. The standard InChI is InChI=1S/C12H9F4N3O3S/c13-10(14)21-7-2-1-6(3-8(7)22-11(15)16)4-17-19-12-18-9(20)5-23-12/h1-4,10-11H,5H2,(H,18,19,20). The number of hydrogen-bond donors (Lipinski definition) is 1. The Hall–Kier alpha value is -2.30. The number of hydrogen-bond acceptors (Lipinski definition) is 6. The van der Waals surface area contributed by atoms with Crippen molar-refractivity contribution in [2.24, 2.45) is 10.2 Å². The fourth-order valence-corrected chi connectivity index (χ4v) is 2.14. The Kier molecular flexibility index (Phi) is 5.79. The number of halogens is 4. The topological polar surface area (TPSA) is 72.3 Å². The number of rotatable bonds is 6. The number of nitrogens with zero attached hydrogens (tertiary/aromatic N) is 2. The van der Waals surface area contributed by atoms with Gasteiger partial charge in [0.2, 0.25) is 5.91 Å². The third-order valence-electron chi connectivity index (χ3n) is 2.34. The van der Waals surface area contributed by atoms with Crippen LogP contribution in [0.1, 0.15) is 5.56 Å². The van der Waals surface area contributed by atoms with Gasteiger partial charge in [0.05, 0.1) is 12.0 Å². The molecule has 0 spiro atoms. The molecule has 1 N–H and O–H groups in total. The Balaban J connectivity index is 2.14. The summed E-state index contributed by atoms with van der Waals surface area (Å²) in [5.41, 5.74) is 0.265. The fourth-order valence-electron chi connectivity index (χ4n) is 1.51. The van der Waals surface area contributed by atoms with E-state index in [0.29, 0.717) is 5.17 Å². The molecule has 23 heavy (non-hydrogen) atoms. The lowest BCUT2D eigenvalue weighted by Gasteiger charge is -2.11. The summed E-state index contributed by atoms with van der Waals surface area (Å²) in [5, 5.41) is 10.1. The minimum absolute atomic E-state index is 0.204. The lowest BCUT2D eigenvalue weighted by molar-refractivity contribution is -0.116. The largest absolute Gasteiger partial charge is 0.431 e. The summed E-state index contributed by atoms with van der Waals surface area (Å²) in [6, 6.07) is 3.40. The summed E-state index contributed by atoms with van der Waals surface area (Å²) < 4.78 is 57.2. The van der Waals surface area contributed by atoms with Crippen LogP contribution < -0.4 is 14.8 Å². The molecule has 1 aromatic carbocycles. The zero-order chi connectivity index (χ0) is 16.8. The van der Waals surface area contributed by atoms with Gasteiger partial charge in [0.15, 0.2) is 16.7 Å². The molecule has 0 radical (unpaired) electrons. The lowest BCUT2D eigenvalue weighted by Crippen LogP contribution is -2.19. The number of thioether (sulfide) groups is 1. The van der Waals surface area contributed by atoms with Gasteiger partial charge in [-0.15, -0.1) is 5.10 Å². The quantitative estimate of drug-likeness (QED) is 0.485. The Morgan fingerprint density at radius 1 is 1.17 bits per heavy atom. The van der Waals surface area contributed by atoms with Gasteiger partial charge in [-0.25, -0.2) is 0 Å². The molecule has 11 heteroatoms. The number of ether oxygens (including phenoxy) is 2. The van der Waals surface area contributed by atoms with Crippen LogP contribution >= 0.6 is 11.8 Å². The minimum Gasteiger partial charge on any atom is -0.431 e. The second-order valence-electron chi connectivity index (χ2n) is 3.95. The van der Waals surface area contributed by atoms with Gasteiger partial charge in [0.25, 0.3) is 0 Å². The summed E-state index contributed by atoms with van der Waals surface area (Å²) in [6.07, 6.45) is 1.18. The molecule has 0 atom stereocenters. The average Bonchev–Trinajstić information content (AvgIpc) is 2.86. The predicted molar refractivity (Wildman–Crippen MR) is 75.3 cm³/mol. The van der Waals surface area contributed by atoms with Crippen LogP contribution in [0.5, 0.6) is 11.5 Å². The fraction of sp³-hybridized carbons (Fsp3) is 0.250. The molecule has 1 heterocycles. The molecule has 0 bridgehead atoms. The molecule has 1 amide bonds. The molecule has 1 saturated heterocycles. The number of alkyl halides is 4. The normalized spacial score (nSPS) is 16.6. The first-order valence-corrected chi connectivity index (χ1v) is 7.00. The van der Waals surface area contributed by atoms with Crippen molar-refractivity contribution in [3.63, 3.8) is 0 Å². The lowest BCUT2D eigenvalue weighted by atomic mass is 10.2. The van der Waals surface area contributed by atoms with E-state index in [9.17, 15) is 22.4 Å². The molecular formula is C12H9F4N3O3S. The number of amidine groups is 1. The number of benzene rings is 1. The summed E-state index contributed by atoms with van der Waals surface area (Å²) in [5.74, 6) is -1.05. The molecule has 0 unspecified atom stereocenters. The molecule has 1 aliphatic rings.